The van der Waals surface area contributed by atoms with E-state index in [4.69, 9.17) is 18.9 Å². The van der Waals surface area contributed by atoms with Crippen LogP contribution < -0.4 is 14.2 Å². The minimum absolute atomic E-state index is 0.114. The number of ether oxygens (including phenoxy) is 4. The van der Waals surface area contributed by atoms with E-state index in [0.29, 0.717) is 62.1 Å². The molecule has 1 amide bonds. The van der Waals surface area contributed by atoms with Crippen molar-refractivity contribution in [3.63, 3.8) is 0 Å². The topological polar surface area (TPSA) is 94.6 Å². The Labute approximate surface area is 233 Å². The van der Waals surface area contributed by atoms with Gasteiger partial charge in [0.2, 0.25) is 10.0 Å². The van der Waals surface area contributed by atoms with Gasteiger partial charge in [-0.3, -0.25) is 4.79 Å². The molecule has 0 radical (unpaired) electrons. The van der Waals surface area contributed by atoms with E-state index in [1.54, 1.807) is 19.1 Å². The molecule has 0 saturated carbocycles. The zero-order valence-electron chi connectivity index (χ0n) is 22.3. The molecule has 0 aromatic heterocycles. The van der Waals surface area contributed by atoms with Crippen molar-refractivity contribution < 1.29 is 36.6 Å². The number of halogens is 1. The fourth-order valence-electron chi connectivity index (χ4n) is 5.03. The van der Waals surface area contributed by atoms with Gasteiger partial charge in [-0.05, 0) is 78.2 Å². The normalized spacial score (nSPS) is 17.7. The predicted octanol–water partition coefficient (Wildman–Crippen LogP) is 3.68. The van der Waals surface area contributed by atoms with Gasteiger partial charge in [0.15, 0.2) is 11.5 Å². The highest BCUT2D eigenvalue weighted by atomic mass is 32.2. The summed E-state index contributed by atoms with van der Waals surface area (Å²) in [4.78, 5) is 15.6. The van der Waals surface area contributed by atoms with Crippen molar-refractivity contribution >= 4 is 15.9 Å². The van der Waals surface area contributed by atoms with Crippen LogP contribution in [0.25, 0.3) is 0 Å². The quantitative estimate of drug-likeness (QED) is 0.408. The van der Waals surface area contributed by atoms with Crippen molar-refractivity contribution in [1.29, 1.82) is 0 Å². The summed E-state index contributed by atoms with van der Waals surface area (Å²) in [5.74, 6) is 0.960. The first kappa shape index (κ1) is 27.9. The maximum absolute atomic E-state index is 13.8. The summed E-state index contributed by atoms with van der Waals surface area (Å²) >= 11 is 0. The molecule has 0 N–H and O–H groups in total. The number of hydrogen-bond donors (Lipinski definition) is 0. The summed E-state index contributed by atoms with van der Waals surface area (Å²) in [7, 11) is -0.562. The van der Waals surface area contributed by atoms with Crippen LogP contribution in [0.5, 0.6) is 17.2 Å². The van der Waals surface area contributed by atoms with Crippen LogP contribution in [-0.2, 0) is 21.2 Å². The lowest BCUT2D eigenvalue weighted by Crippen LogP contribution is -2.42. The highest BCUT2D eigenvalue weighted by Crippen LogP contribution is 2.39. The molecule has 1 fully saturated rings. The summed E-state index contributed by atoms with van der Waals surface area (Å²) in [6.07, 6.45) is 0.581. The number of methoxy groups -OCH3 is 2. The Bertz CT molecular complexity index is 1460. The average molecular weight is 571 g/mol. The third-order valence-electron chi connectivity index (χ3n) is 7.19. The highest BCUT2D eigenvalue weighted by Gasteiger charge is 2.34. The fraction of sp³-hybridized carbons (Fsp3) is 0.345. The lowest BCUT2D eigenvalue weighted by Gasteiger charge is -2.37. The van der Waals surface area contributed by atoms with E-state index < -0.39 is 16.1 Å². The van der Waals surface area contributed by atoms with Crippen molar-refractivity contribution in [3.05, 3.63) is 83.2 Å². The number of nitrogens with zero attached hydrogens (tertiary/aromatic N) is 2. The van der Waals surface area contributed by atoms with Crippen molar-refractivity contribution in [2.45, 2.75) is 17.4 Å². The maximum atomic E-state index is 13.8. The van der Waals surface area contributed by atoms with E-state index in [1.165, 1.54) is 52.8 Å². The van der Waals surface area contributed by atoms with E-state index >= 15 is 0 Å². The van der Waals surface area contributed by atoms with Gasteiger partial charge in [-0.2, -0.15) is 4.31 Å². The van der Waals surface area contributed by atoms with Crippen LogP contribution in [0.2, 0.25) is 0 Å². The lowest BCUT2D eigenvalue weighted by molar-refractivity contribution is 0.0589. The van der Waals surface area contributed by atoms with Crippen molar-refractivity contribution in [1.82, 2.24) is 9.21 Å². The molecule has 212 valence electrons. The second-order valence-electron chi connectivity index (χ2n) is 9.48. The van der Waals surface area contributed by atoms with Gasteiger partial charge in [0.25, 0.3) is 5.91 Å². The molecule has 2 aliphatic heterocycles. The van der Waals surface area contributed by atoms with Crippen LogP contribution in [0.15, 0.2) is 65.6 Å². The minimum atomic E-state index is -3.68. The number of morpholine rings is 1. The monoisotopic (exact) mass is 570 g/mol. The Morgan fingerprint density at radius 3 is 2.25 bits per heavy atom. The van der Waals surface area contributed by atoms with Gasteiger partial charge in [0, 0.05) is 25.2 Å². The van der Waals surface area contributed by atoms with Crippen LogP contribution in [0.4, 0.5) is 4.39 Å². The predicted molar refractivity (Wildman–Crippen MR) is 145 cm³/mol. The van der Waals surface area contributed by atoms with Crippen LogP contribution in [0.3, 0.4) is 0 Å². The summed E-state index contributed by atoms with van der Waals surface area (Å²) in [6, 6.07) is 15.0. The van der Waals surface area contributed by atoms with Crippen molar-refractivity contribution in [3.8, 4) is 17.2 Å². The first-order valence-corrected chi connectivity index (χ1v) is 14.4. The van der Waals surface area contributed by atoms with Crippen LogP contribution in [0, 0.1) is 5.82 Å². The molecule has 0 spiro atoms. The van der Waals surface area contributed by atoms with Crippen LogP contribution >= 0.6 is 0 Å². The summed E-state index contributed by atoms with van der Waals surface area (Å²) in [5, 5.41) is 0. The molecule has 1 atom stereocenters. The SMILES string of the molecule is COc1cc2c(cc1OC)[C@H](COc1ccc(F)cc1)N(C(=O)c1ccc(S(=O)(=O)N3CCOCC3)cc1)CC2. The molecule has 3 aromatic carbocycles. The smallest absolute Gasteiger partial charge is 0.254 e. The first-order chi connectivity index (χ1) is 19.3. The number of carbonyl (C=O) groups excluding carboxylic acids is 1. The highest BCUT2D eigenvalue weighted by molar-refractivity contribution is 7.89. The van der Waals surface area contributed by atoms with E-state index in [2.05, 4.69) is 0 Å². The molecule has 2 aliphatic rings. The number of carbonyl (C=O) groups is 1. The van der Waals surface area contributed by atoms with E-state index in [1.807, 2.05) is 12.1 Å². The molecule has 11 heteroatoms. The summed E-state index contributed by atoms with van der Waals surface area (Å²) in [5.41, 5.74) is 2.21. The third kappa shape index (κ3) is 5.63. The Kier molecular flexibility index (Phi) is 8.24. The molecular formula is C29H31FN2O7S. The van der Waals surface area contributed by atoms with Gasteiger partial charge in [-0.25, -0.2) is 12.8 Å². The Morgan fingerprint density at radius 2 is 1.60 bits per heavy atom. The average Bonchev–Trinajstić information content (AvgIpc) is 3.00. The van der Waals surface area contributed by atoms with E-state index in [9.17, 15) is 17.6 Å². The number of hydrogen-bond acceptors (Lipinski definition) is 7. The number of fused-ring (bicyclic) bond motifs is 1. The molecular weight excluding hydrogens is 539 g/mol. The van der Waals surface area contributed by atoms with Gasteiger partial charge < -0.3 is 23.8 Å². The van der Waals surface area contributed by atoms with Gasteiger partial charge in [0.05, 0.1) is 38.4 Å². The van der Waals surface area contributed by atoms with E-state index in [-0.39, 0.29) is 23.2 Å². The Hall–Kier alpha value is -3.67. The standard InChI is InChI=1S/C29H31FN2O7S/c1-36-27-17-21-11-12-32(26(25(21)18-28(27)37-2)19-39-23-7-5-22(30)6-8-23)29(33)20-3-9-24(10-4-20)40(34,35)31-13-15-38-16-14-31/h3-10,17-18,26H,11-16,19H2,1-2H3/t26-/m0/s1. The molecule has 5 rings (SSSR count). The molecule has 9 nitrogen and oxygen atoms in total. The van der Waals surface area contributed by atoms with Crippen molar-refractivity contribution in [2.75, 3.05) is 53.7 Å². The Balaban J connectivity index is 1.43. The second-order valence-corrected chi connectivity index (χ2v) is 11.4. The maximum Gasteiger partial charge on any atom is 0.254 e. The van der Waals surface area contributed by atoms with Crippen LogP contribution in [-0.4, -0.2) is 77.2 Å². The molecule has 2 heterocycles. The molecule has 40 heavy (non-hydrogen) atoms. The number of benzene rings is 3. The van der Waals surface area contributed by atoms with Gasteiger partial charge in [-0.1, -0.05) is 0 Å². The van der Waals surface area contributed by atoms with Gasteiger partial charge in [0.1, 0.15) is 18.2 Å². The molecule has 3 aromatic rings. The summed E-state index contributed by atoms with van der Waals surface area (Å²) in [6.45, 7) is 1.81. The number of amides is 1. The molecule has 0 bridgehead atoms. The second kappa shape index (κ2) is 11.8. The zero-order valence-corrected chi connectivity index (χ0v) is 23.2. The third-order valence-corrected chi connectivity index (χ3v) is 9.11. The molecule has 0 unspecified atom stereocenters. The summed E-state index contributed by atoms with van der Waals surface area (Å²) < 4.78 is 63.1. The fourth-order valence-corrected chi connectivity index (χ4v) is 6.44. The molecule has 0 aliphatic carbocycles. The van der Waals surface area contributed by atoms with Crippen molar-refractivity contribution in [2.24, 2.45) is 0 Å². The van der Waals surface area contributed by atoms with Crippen LogP contribution in [0.1, 0.15) is 27.5 Å². The Morgan fingerprint density at radius 1 is 0.950 bits per heavy atom. The van der Waals surface area contributed by atoms with Gasteiger partial charge in [-0.15, -0.1) is 0 Å². The zero-order chi connectivity index (χ0) is 28.3. The van der Waals surface area contributed by atoms with E-state index in [0.717, 1.165) is 11.1 Å². The molecule has 1 saturated heterocycles. The minimum Gasteiger partial charge on any atom is -0.493 e. The first-order valence-electron chi connectivity index (χ1n) is 12.9. The van der Waals surface area contributed by atoms with Gasteiger partial charge >= 0.3 is 0 Å². The number of sulfonamides is 1. The lowest BCUT2D eigenvalue weighted by atomic mass is 9.91. The largest absolute Gasteiger partial charge is 0.493 e. The number of rotatable bonds is 8.